The molecule has 2 rings (SSSR count). The van der Waals surface area contributed by atoms with E-state index >= 15 is 0 Å². The summed E-state index contributed by atoms with van der Waals surface area (Å²) >= 11 is 0. The average molecular weight is 295 g/mol. The van der Waals surface area contributed by atoms with E-state index in [9.17, 15) is 14.7 Å². The Bertz CT molecular complexity index is 544. The normalized spacial score (nSPS) is 18.2. The van der Waals surface area contributed by atoms with Crippen LogP contribution in [-0.2, 0) is 14.3 Å². The third-order valence-electron chi connectivity index (χ3n) is 3.30. The summed E-state index contributed by atoms with van der Waals surface area (Å²) in [5.41, 5.74) is 0.103. The van der Waals surface area contributed by atoms with Crippen LogP contribution in [0.15, 0.2) is 18.2 Å². The monoisotopic (exact) mass is 295 g/mol. The van der Waals surface area contributed by atoms with E-state index in [4.69, 9.17) is 9.47 Å². The van der Waals surface area contributed by atoms with E-state index in [0.29, 0.717) is 12.4 Å². The van der Waals surface area contributed by atoms with Crippen molar-refractivity contribution < 1.29 is 28.9 Å². The van der Waals surface area contributed by atoms with E-state index in [1.807, 2.05) is 0 Å². The predicted octanol–water partition coefficient (Wildman–Crippen LogP) is 0.415. The fraction of sp³-hybridized carbons (Fsp3) is 0.429. The number of rotatable bonds is 3. The Morgan fingerprint density at radius 2 is 2.14 bits per heavy atom. The van der Waals surface area contributed by atoms with Gasteiger partial charge in [0.1, 0.15) is 11.5 Å². The van der Waals surface area contributed by atoms with Crippen molar-refractivity contribution in [3.63, 3.8) is 0 Å². The number of methoxy groups -OCH3 is 2. The summed E-state index contributed by atoms with van der Waals surface area (Å²) in [6.07, 6.45) is 0. The minimum absolute atomic E-state index is 0.0787. The van der Waals surface area contributed by atoms with Crippen molar-refractivity contribution in [3.8, 4) is 11.5 Å². The van der Waals surface area contributed by atoms with Crippen molar-refractivity contribution in [3.05, 3.63) is 23.8 Å². The van der Waals surface area contributed by atoms with Gasteiger partial charge in [0, 0.05) is 12.6 Å². The highest BCUT2D eigenvalue weighted by Gasteiger charge is 2.35. The molecule has 7 heteroatoms. The third kappa shape index (κ3) is 3.08. The number of amides is 1. The quantitative estimate of drug-likeness (QED) is 0.813. The third-order valence-corrected chi connectivity index (χ3v) is 3.30. The minimum atomic E-state index is -0.808. The van der Waals surface area contributed by atoms with Gasteiger partial charge in [-0.2, -0.15) is 0 Å². The summed E-state index contributed by atoms with van der Waals surface area (Å²) in [7, 11) is 2.72. The van der Waals surface area contributed by atoms with Gasteiger partial charge in [-0.25, -0.2) is 4.79 Å². The summed E-state index contributed by atoms with van der Waals surface area (Å²) < 4.78 is 14.9. The number of morpholine rings is 1. The highest BCUT2D eigenvalue weighted by molar-refractivity contribution is 5.99. The van der Waals surface area contributed by atoms with Crippen LogP contribution in [0.5, 0.6) is 11.5 Å². The Morgan fingerprint density at radius 3 is 2.76 bits per heavy atom. The SMILES string of the molecule is COC(=O)C1COCCN1C(=O)c1ccc(OC)cc1O. The maximum absolute atomic E-state index is 12.5. The Labute approximate surface area is 122 Å². The molecule has 1 amide bonds. The average Bonchev–Trinajstić information content (AvgIpc) is 2.53. The van der Waals surface area contributed by atoms with Crippen LogP contribution in [0.3, 0.4) is 0 Å². The van der Waals surface area contributed by atoms with E-state index in [2.05, 4.69) is 4.74 Å². The zero-order chi connectivity index (χ0) is 15.4. The lowest BCUT2D eigenvalue weighted by molar-refractivity contribution is -0.151. The van der Waals surface area contributed by atoms with Gasteiger partial charge in [-0.05, 0) is 12.1 Å². The fourth-order valence-corrected chi connectivity index (χ4v) is 2.15. The van der Waals surface area contributed by atoms with Crippen LogP contribution in [-0.4, -0.2) is 61.9 Å². The lowest BCUT2D eigenvalue weighted by atomic mass is 10.1. The second kappa shape index (κ2) is 6.45. The molecule has 0 spiro atoms. The van der Waals surface area contributed by atoms with Crippen LogP contribution in [0.4, 0.5) is 0 Å². The van der Waals surface area contributed by atoms with Crippen molar-refractivity contribution in [2.24, 2.45) is 0 Å². The lowest BCUT2D eigenvalue weighted by Gasteiger charge is -2.33. The Kier molecular flexibility index (Phi) is 4.64. The number of carbonyl (C=O) groups is 2. The second-order valence-corrected chi connectivity index (χ2v) is 4.50. The van der Waals surface area contributed by atoms with Crippen molar-refractivity contribution in [1.82, 2.24) is 4.90 Å². The lowest BCUT2D eigenvalue weighted by Crippen LogP contribution is -2.53. The molecule has 7 nitrogen and oxygen atoms in total. The Morgan fingerprint density at radius 1 is 1.38 bits per heavy atom. The number of aromatic hydroxyl groups is 1. The summed E-state index contributed by atoms with van der Waals surface area (Å²) in [5.74, 6) is -0.755. The van der Waals surface area contributed by atoms with Gasteiger partial charge < -0.3 is 24.2 Å². The number of carbonyl (C=O) groups excluding carboxylic acids is 2. The highest BCUT2D eigenvalue weighted by atomic mass is 16.5. The molecule has 21 heavy (non-hydrogen) atoms. The van der Waals surface area contributed by atoms with Gasteiger partial charge in [0.2, 0.25) is 0 Å². The number of hydrogen-bond acceptors (Lipinski definition) is 6. The van der Waals surface area contributed by atoms with E-state index in [0.717, 1.165) is 0 Å². The van der Waals surface area contributed by atoms with Crippen molar-refractivity contribution in [2.75, 3.05) is 34.0 Å². The molecule has 0 bridgehead atoms. The molecule has 0 aromatic heterocycles. The van der Waals surface area contributed by atoms with Crippen LogP contribution >= 0.6 is 0 Å². The highest BCUT2D eigenvalue weighted by Crippen LogP contribution is 2.26. The first kappa shape index (κ1) is 15.1. The first-order valence-corrected chi connectivity index (χ1v) is 6.42. The van der Waals surface area contributed by atoms with Crippen LogP contribution in [0, 0.1) is 0 Å². The molecular weight excluding hydrogens is 278 g/mol. The van der Waals surface area contributed by atoms with E-state index in [1.54, 1.807) is 6.07 Å². The first-order chi connectivity index (χ1) is 10.1. The van der Waals surface area contributed by atoms with E-state index < -0.39 is 17.9 Å². The molecule has 1 aromatic rings. The smallest absolute Gasteiger partial charge is 0.331 e. The van der Waals surface area contributed by atoms with Gasteiger partial charge in [-0.15, -0.1) is 0 Å². The molecule has 1 heterocycles. The Hall–Kier alpha value is -2.28. The zero-order valence-electron chi connectivity index (χ0n) is 11.9. The molecule has 1 fully saturated rings. The van der Waals surface area contributed by atoms with Crippen LogP contribution in [0.25, 0.3) is 0 Å². The fourth-order valence-electron chi connectivity index (χ4n) is 2.15. The molecule has 1 N–H and O–H groups in total. The molecule has 1 atom stereocenters. The van der Waals surface area contributed by atoms with Gasteiger partial charge in [0.25, 0.3) is 5.91 Å². The number of esters is 1. The van der Waals surface area contributed by atoms with Crippen LogP contribution < -0.4 is 4.74 Å². The van der Waals surface area contributed by atoms with Crippen molar-refractivity contribution in [2.45, 2.75) is 6.04 Å². The van der Waals surface area contributed by atoms with Gasteiger partial charge in [-0.1, -0.05) is 0 Å². The maximum Gasteiger partial charge on any atom is 0.331 e. The number of benzene rings is 1. The zero-order valence-corrected chi connectivity index (χ0v) is 11.9. The molecule has 1 aliphatic heterocycles. The molecule has 114 valence electrons. The van der Waals surface area contributed by atoms with Crippen molar-refractivity contribution >= 4 is 11.9 Å². The molecule has 1 aromatic carbocycles. The van der Waals surface area contributed by atoms with Crippen molar-refractivity contribution in [1.29, 1.82) is 0 Å². The molecule has 0 aliphatic carbocycles. The van der Waals surface area contributed by atoms with Crippen LogP contribution in [0.2, 0.25) is 0 Å². The number of phenolic OH excluding ortho intramolecular Hbond substituents is 1. The van der Waals surface area contributed by atoms with E-state index in [1.165, 1.54) is 31.3 Å². The second-order valence-electron chi connectivity index (χ2n) is 4.50. The molecule has 0 radical (unpaired) electrons. The number of nitrogens with zero attached hydrogens (tertiary/aromatic N) is 1. The molecule has 1 aliphatic rings. The number of ether oxygens (including phenoxy) is 3. The minimum Gasteiger partial charge on any atom is -0.507 e. The van der Waals surface area contributed by atoms with E-state index in [-0.39, 0.29) is 24.5 Å². The first-order valence-electron chi connectivity index (χ1n) is 6.42. The standard InChI is InChI=1S/C14H17NO6/c1-19-9-3-4-10(12(16)7-9)13(17)15-5-6-21-8-11(15)14(18)20-2/h3-4,7,11,16H,5-6,8H2,1-2H3. The molecule has 0 saturated carbocycles. The predicted molar refractivity (Wildman–Crippen MR) is 72.3 cm³/mol. The molecule has 1 saturated heterocycles. The molecule has 1 unspecified atom stereocenters. The van der Waals surface area contributed by atoms with Gasteiger partial charge >= 0.3 is 5.97 Å². The maximum atomic E-state index is 12.5. The largest absolute Gasteiger partial charge is 0.507 e. The Balaban J connectivity index is 2.26. The summed E-state index contributed by atoms with van der Waals surface area (Å²) in [6, 6.07) is 3.57. The number of phenols is 1. The van der Waals surface area contributed by atoms with Gasteiger partial charge in [0.05, 0.1) is 33.0 Å². The summed E-state index contributed by atoms with van der Waals surface area (Å²) in [6.45, 7) is 0.662. The van der Waals surface area contributed by atoms with Crippen LogP contribution in [0.1, 0.15) is 10.4 Å². The topological polar surface area (TPSA) is 85.3 Å². The summed E-state index contributed by atoms with van der Waals surface area (Å²) in [4.78, 5) is 25.6. The summed E-state index contributed by atoms with van der Waals surface area (Å²) in [5, 5.41) is 9.93. The van der Waals surface area contributed by atoms with Gasteiger partial charge in [-0.3, -0.25) is 4.79 Å². The molecular formula is C14H17NO6. The van der Waals surface area contributed by atoms with Gasteiger partial charge in [0.15, 0.2) is 6.04 Å². The number of hydrogen-bond donors (Lipinski definition) is 1.